The van der Waals surface area contributed by atoms with E-state index in [1.54, 1.807) is 0 Å². The number of aliphatic hydroxyl groups is 1. The number of nitrogens with zero attached hydrogens (tertiary/aromatic N) is 4. The third-order valence-electron chi connectivity index (χ3n) is 4.81. The zero-order chi connectivity index (χ0) is 18.8. The van der Waals surface area contributed by atoms with Gasteiger partial charge in [0.1, 0.15) is 12.4 Å². The van der Waals surface area contributed by atoms with Crippen LogP contribution >= 0.6 is 24.0 Å². The molecule has 2 heterocycles. The van der Waals surface area contributed by atoms with Crippen molar-refractivity contribution in [2.45, 2.75) is 72.4 Å². The van der Waals surface area contributed by atoms with E-state index in [1.165, 1.54) is 19.3 Å². The highest BCUT2D eigenvalue weighted by atomic mass is 127. The molecule has 7 nitrogen and oxygen atoms in total. The highest BCUT2D eigenvalue weighted by molar-refractivity contribution is 14.0. The fourth-order valence-corrected chi connectivity index (χ4v) is 3.55. The summed E-state index contributed by atoms with van der Waals surface area (Å²) in [6, 6.07) is 0. The molecule has 0 amide bonds. The Labute approximate surface area is 180 Å². The van der Waals surface area contributed by atoms with Crippen LogP contribution in [0.3, 0.4) is 0 Å². The first-order valence-electron chi connectivity index (χ1n) is 10.2. The zero-order valence-electron chi connectivity index (χ0n) is 17.1. The van der Waals surface area contributed by atoms with Gasteiger partial charge in [0.2, 0.25) is 0 Å². The lowest BCUT2D eigenvalue weighted by Crippen LogP contribution is -2.40. The molecule has 27 heavy (non-hydrogen) atoms. The van der Waals surface area contributed by atoms with Crippen LogP contribution in [0.15, 0.2) is 4.99 Å². The summed E-state index contributed by atoms with van der Waals surface area (Å²) >= 11 is 0. The van der Waals surface area contributed by atoms with Crippen LogP contribution in [0.25, 0.3) is 0 Å². The molecule has 156 valence electrons. The molecule has 1 aliphatic rings. The molecule has 0 saturated heterocycles. The number of hydrogen-bond acceptors (Lipinski definition) is 4. The van der Waals surface area contributed by atoms with Crippen molar-refractivity contribution in [3.63, 3.8) is 0 Å². The summed E-state index contributed by atoms with van der Waals surface area (Å²) in [5.74, 6) is 3.94. The standard InChI is InChI=1S/C19H36N6O.HI/c1-4-20-19(21-13-16(9-11-26)12-15(2)3)22-14-18-24-23-17-8-6-5-7-10-25(17)18;/h15-16,26H,4-14H2,1-3H3,(H2,20,21,22);1H. The van der Waals surface area contributed by atoms with E-state index in [1.807, 2.05) is 0 Å². The summed E-state index contributed by atoms with van der Waals surface area (Å²) in [7, 11) is 0. The predicted molar refractivity (Wildman–Crippen MR) is 120 cm³/mol. The molecule has 1 unspecified atom stereocenters. The van der Waals surface area contributed by atoms with E-state index < -0.39 is 0 Å². The first kappa shape index (κ1) is 24.1. The van der Waals surface area contributed by atoms with Crippen LogP contribution < -0.4 is 10.6 Å². The molecule has 0 saturated carbocycles. The van der Waals surface area contributed by atoms with Crippen LogP contribution in [-0.2, 0) is 19.5 Å². The summed E-state index contributed by atoms with van der Waals surface area (Å²) in [6.45, 7) is 9.93. The van der Waals surface area contributed by atoms with E-state index in [0.29, 0.717) is 18.4 Å². The van der Waals surface area contributed by atoms with E-state index in [-0.39, 0.29) is 30.6 Å². The number of aliphatic hydroxyl groups excluding tert-OH is 1. The van der Waals surface area contributed by atoms with E-state index in [9.17, 15) is 5.11 Å². The molecule has 0 aromatic carbocycles. The maximum absolute atomic E-state index is 9.29. The van der Waals surface area contributed by atoms with Gasteiger partial charge in [-0.3, -0.25) is 0 Å². The molecule has 0 fully saturated rings. The zero-order valence-corrected chi connectivity index (χ0v) is 19.4. The van der Waals surface area contributed by atoms with Gasteiger partial charge >= 0.3 is 0 Å². The summed E-state index contributed by atoms with van der Waals surface area (Å²) in [5, 5.41) is 24.7. The first-order valence-corrected chi connectivity index (χ1v) is 10.2. The molecule has 0 aliphatic carbocycles. The molecular weight excluding hydrogens is 455 g/mol. The quantitative estimate of drug-likeness (QED) is 0.280. The Morgan fingerprint density at radius 3 is 2.74 bits per heavy atom. The largest absolute Gasteiger partial charge is 0.396 e. The minimum Gasteiger partial charge on any atom is -0.396 e. The van der Waals surface area contributed by atoms with Crippen molar-refractivity contribution in [3.05, 3.63) is 11.6 Å². The average molecular weight is 492 g/mol. The number of guanidine groups is 1. The van der Waals surface area contributed by atoms with Crippen molar-refractivity contribution in [1.29, 1.82) is 0 Å². The maximum Gasteiger partial charge on any atom is 0.191 e. The monoisotopic (exact) mass is 492 g/mol. The van der Waals surface area contributed by atoms with Gasteiger partial charge in [0.15, 0.2) is 11.8 Å². The number of halogens is 1. The van der Waals surface area contributed by atoms with Crippen LogP contribution in [0.5, 0.6) is 0 Å². The molecule has 0 bridgehead atoms. The van der Waals surface area contributed by atoms with E-state index in [2.05, 4.69) is 46.2 Å². The Hall–Kier alpha value is -0.900. The minimum atomic E-state index is 0. The second-order valence-corrected chi connectivity index (χ2v) is 7.58. The van der Waals surface area contributed by atoms with Gasteiger partial charge < -0.3 is 20.3 Å². The van der Waals surface area contributed by atoms with Crippen molar-refractivity contribution >= 4 is 29.9 Å². The van der Waals surface area contributed by atoms with Gasteiger partial charge in [0.25, 0.3) is 0 Å². The van der Waals surface area contributed by atoms with E-state index in [4.69, 9.17) is 4.99 Å². The van der Waals surface area contributed by atoms with Crippen molar-refractivity contribution in [2.24, 2.45) is 16.8 Å². The highest BCUT2D eigenvalue weighted by Crippen LogP contribution is 2.15. The lowest BCUT2D eigenvalue weighted by atomic mass is 9.94. The van der Waals surface area contributed by atoms with Gasteiger partial charge in [-0.15, -0.1) is 34.2 Å². The van der Waals surface area contributed by atoms with Gasteiger partial charge in [0, 0.05) is 32.7 Å². The van der Waals surface area contributed by atoms with Crippen LogP contribution in [0, 0.1) is 11.8 Å². The average Bonchev–Trinajstić information content (AvgIpc) is 2.83. The molecule has 0 spiro atoms. The van der Waals surface area contributed by atoms with Crippen LogP contribution in [0.1, 0.15) is 64.5 Å². The number of nitrogens with one attached hydrogen (secondary N) is 2. The van der Waals surface area contributed by atoms with Gasteiger partial charge in [0.05, 0.1) is 0 Å². The van der Waals surface area contributed by atoms with E-state index in [0.717, 1.165) is 56.5 Å². The number of rotatable bonds is 9. The summed E-state index contributed by atoms with van der Waals surface area (Å²) in [4.78, 5) is 4.71. The molecule has 8 heteroatoms. The Morgan fingerprint density at radius 1 is 1.22 bits per heavy atom. The first-order chi connectivity index (χ1) is 12.6. The molecule has 3 N–H and O–H groups in total. The second kappa shape index (κ2) is 13.3. The summed E-state index contributed by atoms with van der Waals surface area (Å²) in [6.07, 6.45) is 6.60. The maximum atomic E-state index is 9.29. The Kier molecular flexibility index (Phi) is 11.9. The normalized spacial score (nSPS) is 15.7. The van der Waals surface area contributed by atoms with Gasteiger partial charge in [-0.2, -0.15) is 0 Å². The number of aryl methyl sites for hydroxylation is 1. The number of aliphatic imine (C=N–C) groups is 1. The van der Waals surface area contributed by atoms with Crippen molar-refractivity contribution in [3.8, 4) is 0 Å². The molecule has 1 aromatic rings. The van der Waals surface area contributed by atoms with Gasteiger partial charge in [-0.25, -0.2) is 4.99 Å². The number of hydrogen-bond donors (Lipinski definition) is 3. The fraction of sp³-hybridized carbons (Fsp3) is 0.842. The molecular formula is C19H37IN6O. The third kappa shape index (κ3) is 8.33. The Morgan fingerprint density at radius 2 is 2.04 bits per heavy atom. The van der Waals surface area contributed by atoms with Crippen LogP contribution in [0.4, 0.5) is 0 Å². The van der Waals surface area contributed by atoms with Crippen molar-refractivity contribution in [1.82, 2.24) is 25.4 Å². The lowest BCUT2D eigenvalue weighted by Gasteiger charge is -2.20. The Balaban J connectivity index is 0.00000364. The fourth-order valence-electron chi connectivity index (χ4n) is 3.55. The van der Waals surface area contributed by atoms with Crippen molar-refractivity contribution in [2.75, 3.05) is 19.7 Å². The third-order valence-corrected chi connectivity index (χ3v) is 4.81. The van der Waals surface area contributed by atoms with E-state index >= 15 is 0 Å². The lowest BCUT2D eigenvalue weighted by molar-refractivity contribution is 0.243. The number of aromatic nitrogens is 3. The summed E-state index contributed by atoms with van der Waals surface area (Å²) < 4.78 is 2.24. The smallest absolute Gasteiger partial charge is 0.191 e. The number of fused-ring (bicyclic) bond motifs is 1. The van der Waals surface area contributed by atoms with Gasteiger partial charge in [-0.1, -0.05) is 20.3 Å². The summed E-state index contributed by atoms with van der Waals surface area (Å²) in [5.41, 5.74) is 0. The predicted octanol–water partition coefficient (Wildman–Crippen LogP) is 2.72. The Bertz CT molecular complexity index is 560. The molecule has 1 aliphatic heterocycles. The van der Waals surface area contributed by atoms with Crippen LogP contribution in [0.2, 0.25) is 0 Å². The topological polar surface area (TPSA) is 87.4 Å². The second-order valence-electron chi connectivity index (χ2n) is 7.58. The molecule has 1 atom stereocenters. The SMILES string of the molecule is CCNC(=NCc1nnc2n1CCCCC2)NCC(CCO)CC(C)C.I. The highest BCUT2D eigenvalue weighted by Gasteiger charge is 2.15. The minimum absolute atomic E-state index is 0. The van der Waals surface area contributed by atoms with Crippen molar-refractivity contribution < 1.29 is 5.11 Å². The van der Waals surface area contributed by atoms with Gasteiger partial charge in [-0.05, 0) is 44.4 Å². The molecule has 0 radical (unpaired) electrons. The molecule has 1 aromatic heterocycles. The van der Waals surface area contributed by atoms with Crippen LogP contribution in [-0.4, -0.2) is 45.5 Å². The molecule has 2 rings (SSSR count).